The van der Waals surface area contributed by atoms with Gasteiger partial charge >= 0.3 is 0 Å². The summed E-state index contributed by atoms with van der Waals surface area (Å²) in [4.78, 5) is 49.9. The third-order valence-electron chi connectivity index (χ3n) is 7.74. The van der Waals surface area contributed by atoms with Gasteiger partial charge < -0.3 is 30.5 Å². The molecular weight excluding hydrogens is 582 g/mol. The van der Waals surface area contributed by atoms with E-state index in [0.717, 1.165) is 41.1 Å². The lowest BCUT2D eigenvalue weighted by molar-refractivity contribution is -0.117. The van der Waals surface area contributed by atoms with Gasteiger partial charge in [0.15, 0.2) is 0 Å². The number of benzene rings is 2. The SMILES string of the molecule is CC1Oc2cc(N3CCCC3=O)ccc2-c2cnc(Nc3cncc(NC(=O)c4ccc(NC(=O)C=CCN(C)C)cc4)c3)cc21. The van der Waals surface area contributed by atoms with E-state index in [1.54, 1.807) is 48.8 Å². The summed E-state index contributed by atoms with van der Waals surface area (Å²) in [7, 11) is 3.85. The second-order valence-corrected chi connectivity index (χ2v) is 11.5. The molecule has 4 aromatic rings. The normalized spacial score (nSPS) is 15.3. The van der Waals surface area contributed by atoms with Crippen LogP contribution in [0, 0.1) is 0 Å². The summed E-state index contributed by atoms with van der Waals surface area (Å²) in [6.07, 6.45) is 9.52. The smallest absolute Gasteiger partial charge is 0.255 e. The van der Waals surface area contributed by atoms with Crippen molar-refractivity contribution in [3.63, 3.8) is 0 Å². The van der Waals surface area contributed by atoms with Crippen molar-refractivity contribution >= 4 is 46.3 Å². The van der Waals surface area contributed by atoms with Gasteiger partial charge in [-0.1, -0.05) is 6.08 Å². The van der Waals surface area contributed by atoms with Gasteiger partial charge in [0, 0.05) is 71.5 Å². The summed E-state index contributed by atoms with van der Waals surface area (Å²) in [6, 6.07) is 16.3. The van der Waals surface area contributed by atoms with E-state index in [0.29, 0.717) is 41.4 Å². The first-order valence-corrected chi connectivity index (χ1v) is 15.1. The van der Waals surface area contributed by atoms with Crippen LogP contribution in [-0.2, 0) is 9.59 Å². The number of aromatic nitrogens is 2. The Bertz CT molecular complexity index is 1820. The Balaban J connectivity index is 1.10. The molecule has 0 bridgehead atoms. The van der Waals surface area contributed by atoms with Crippen molar-refractivity contribution in [2.45, 2.75) is 25.9 Å². The van der Waals surface area contributed by atoms with Crippen LogP contribution in [0.3, 0.4) is 0 Å². The summed E-state index contributed by atoms with van der Waals surface area (Å²) in [5.74, 6) is 0.938. The molecule has 2 aliphatic heterocycles. The molecule has 1 saturated heterocycles. The van der Waals surface area contributed by atoms with Gasteiger partial charge in [-0.15, -0.1) is 0 Å². The third kappa shape index (κ3) is 6.89. The third-order valence-corrected chi connectivity index (χ3v) is 7.74. The van der Waals surface area contributed by atoms with Crippen molar-refractivity contribution in [2.24, 2.45) is 0 Å². The number of nitrogens with zero attached hydrogens (tertiary/aromatic N) is 4. The van der Waals surface area contributed by atoms with Crippen LogP contribution in [0.25, 0.3) is 11.1 Å². The van der Waals surface area contributed by atoms with Crippen LogP contribution in [0.4, 0.5) is 28.6 Å². The minimum atomic E-state index is -0.309. The Kier molecular flexibility index (Phi) is 8.75. The van der Waals surface area contributed by atoms with E-state index in [4.69, 9.17) is 4.74 Å². The number of nitrogens with one attached hydrogen (secondary N) is 3. The van der Waals surface area contributed by atoms with Crippen molar-refractivity contribution in [1.82, 2.24) is 14.9 Å². The van der Waals surface area contributed by atoms with Crippen LogP contribution in [0.15, 0.2) is 85.3 Å². The number of hydrogen-bond acceptors (Lipinski definition) is 8. The Morgan fingerprint density at radius 1 is 0.978 bits per heavy atom. The highest BCUT2D eigenvalue weighted by molar-refractivity contribution is 6.05. The van der Waals surface area contributed by atoms with Gasteiger partial charge in [-0.05, 0) is 76.0 Å². The van der Waals surface area contributed by atoms with E-state index in [1.807, 2.05) is 61.3 Å². The highest BCUT2D eigenvalue weighted by Gasteiger charge is 2.27. The Morgan fingerprint density at radius 3 is 2.54 bits per heavy atom. The van der Waals surface area contributed by atoms with E-state index in [1.165, 1.54) is 6.08 Å². The van der Waals surface area contributed by atoms with E-state index in [9.17, 15) is 14.4 Å². The van der Waals surface area contributed by atoms with Crippen LogP contribution in [0.1, 0.15) is 41.8 Å². The van der Waals surface area contributed by atoms with Crippen molar-refractivity contribution in [1.29, 1.82) is 0 Å². The Morgan fingerprint density at radius 2 is 1.78 bits per heavy atom. The van der Waals surface area contributed by atoms with Gasteiger partial charge in [0.1, 0.15) is 17.7 Å². The molecule has 0 spiro atoms. The second kappa shape index (κ2) is 13.2. The lowest BCUT2D eigenvalue weighted by Crippen LogP contribution is -2.24. The molecule has 3 N–H and O–H groups in total. The quantitative estimate of drug-likeness (QED) is 0.202. The highest BCUT2D eigenvalue weighted by atomic mass is 16.5. The maximum absolute atomic E-state index is 12.9. The summed E-state index contributed by atoms with van der Waals surface area (Å²) in [5.41, 5.74) is 5.93. The molecule has 6 rings (SSSR count). The average Bonchev–Trinajstić information content (AvgIpc) is 3.47. The molecule has 0 saturated carbocycles. The number of carbonyl (C=O) groups excluding carboxylic acids is 3. The summed E-state index contributed by atoms with van der Waals surface area (Å²) in [5, 5.41) is 8.93. The second-order valence-electron chi connectivity index (χ2n) is 11.5. The highest BCUT2D eigenvalue weighted by Crippen LogP contribution is 2.44. The van der Waals surface area contributed by atoms with E-state index >= 15 is 0 Å². The fourth-order valence-corrected chi connectivity index (χ4v) is 5.46. The summed E-state index contributed by atoms with van der Waals surface area (Å²) < 4.78 is 6.27. The molecule has 2 aromatic heterocycles. The number of anilines is 5. The molecule has 0 aliphatic carbocycles. The van der Waals surface area contributed by atoms with Crippen molar-refractivity contribution in [3.05, 3.63) is 96.5 Å². The monoisotopic (exact) mass is 617 g/mol. The van der Waals surface area contributed by atoms with Crippen LogP contribution in [-0.4, -0.2) is 59.8 Å². The predicted octanol–water partition coefficient (Wildman–Crippen LogP) is 5.78. The van der Waals surface area contributed by atoms with Crippen molar-refractivity contribution in [3.8, 4) is 16.9 Å². The fourth-order valence-electron chi connectivity index (χ4n) is 5.46. The number of pyridine rings is 2. The summed E-state index contributed by atoms with van der Waals surface area (Å²) in [6.45, 7) is 3.38. The zero-order valence-corrected chi connectivity index (χ0v) is 25.9. The van der Waals surface area contributed by atoms with Crippen LogP contribution in [0.2, 0.25) is 0 Å². The number of fused-ring (bicyclic) bond motifs is 3. The zero-order chi connectivity index (χ0) is 32.2. The molecule has 1 fully saturated rings. The van der Waals surface area contributed by atoms with Crippen LogP contribution >= 0.6 is 0 Å². The summed E-state index contributed by atoms with van der Waals surface area (Å²) >= 11 is 0. The molecule has 46 heavy (non-hydrogen) atoms. The van der Waals surface area contributed by atoms with Gasteiger partial charge in [0.25, 0.3) is 5.91 Å². The average molecular weight is 618 g/mol. The van der Waals surface area contributed by atoms with E-state index in [-0.39, 0.29) is 23.8 Å². The van der Waals surface area contributed by atoms with Gasteiger partial charge in [-0.25, -0.2) is 4.98 Å². The number of likely N-dealkylation sites (N-methyl/N-ethyl adjacent to an activating group) is 1. The van der Waals surface area contributed by atoms with Gasteiger partial charge in [0.05, 0.1) is 23.8 Å². The van der Waals surface area contributed by atoms with E-state index < -0.39 is 0 Å². The molecule has 2 aliphatic rings. The number of hydrogen-bond donors (Lipinski definition) is 3. The Hall–Kier alpha value is -5.55. The van der Waals surface area contributed by atoms with Gasteiger partial charge in [-0.3, -0.25) is 19.4 Å². The topological polar surface area (TPSA) is 129 Å². The van der Waals surface area contributed by atoms with Gasteiger partial charge in [0.2, 0.25) is 11.8 Å². The van der Waals surface area contributed by atoms with Gasteiger partial charge in [-0.2, -0.15) is 0 Å². The first-order chi connectivity index (χ1) is 22.2. The molecule has 3 amide bonds. The molecule has 1 atom stereocenters. The van der Waals surface area contributed by atoms with Crippen molar-refractivity contribution < 1.29 is 19.1 Å². The van der Waals surface area contributed by atoms with Crippen LogP contribution in [0.5, 0.6) is 5.75 Å². The van der Waals surface area contributed by atoms with Crippen molar-refractivity contribution in [2.75, 3.05) is 48.0 Å². The Labute approximate surface area is 267 Å². The van der Waals surface area contributed by atoms with Crippen LogP contribution < -0.4 is 25.6 Å². The molecule has 11 nitrogen and oxygen atoms in total. The standard InChI is InChI=1S/C35H35N7O4/c1-22-29-18-32(37-21-30(29)28-13-12-27(17-31(28)46-22)42-15-5-7-34(42)44)38-25-16-26(20-36-19-25)40-35(45)23-8-10-24(11-9-23)39-33(43)6-4-14-41(2)3/h4,6,8-13,16-22H,5,7,14-15H2,1-3H3,(H,37,38)(H,39,43)(H,40,45). The number of amides is 3. The maximum Gasteiger partial charge on any atom is 0.255 e. The molecule has 2 aromatic carbocycles. The number of ether oxygens (including phenoxy) is 1. The molecule has 11 heteroatoms. The molecule has 1 unspecified atom stereocenters. The molecule has 4 heterocycles. The molecule has 0 radical (unpaired) electrons. The first kappa shape index (κ1) is 30.5. The fraction of sp³-hybridized carbons (Fsp3) is 0.229. The molecular formula is C35H35N7O4. The minimum absolute atomic E-state index is 0.139. The number of rotatable bonds is 9. The van der Waals surface area contributed by atoms with E-state index in [2.05, 4.69) is 25.9 Å². The molecule has 234 valence electrons. The zero-order valence-electron chi connectivity index (χ0n) is 25.9. The lowest BCUT2D eigenvalue weighted by atomic mass is 9.94. The number of carbonyl (C=O) groups is 3. The lowest BCUT2D eigenvalue weighted by Gasteiger charge is -2.28. The predicted molar refractivity (Wildman–Crippen MR) is 179 cm³/mol. The minimum Gasteiger partial charge on any atom is -0.485 e. The largest absolute Gasteiger partial charge is 0.485 e. The maximum atomic E-state index is 12.9. The first-order valence-electron chi connectivity index (χ1n) is 15.1.